The van der Waals surface area contributed by atoms with Gasteiger partial charge in [-0.15, -0.1) is 0 Å². The van der Waals surface area contributed by atoms with Crippen molar-refractivity contribution in [2.45, 2.75) is 33.1 Å². The van der Waals surface area contributed by atoms with E-state index in [1.54, 1.807) is 45.0 Å². The second-order valence-corrected chi connectivity index (χ2v) is 9.53. The molecule has 174 valence electrons. The van der Waals surface area contributed by atoms with Crippen molar-refractivity contribution >= 4 is 21.9 Å². The van der Waals surface area contributed by atoms with Crippen LogP contribution in [0.25, 0.3) is 0 Å². The average molecular weight is 464 g/mol. The molecule has 0 atom stereocenters. The fourth-order valence-electron chi connectivity index (χ4n) is 3.73. The molecule has 32 heavy (non-hydrogen) atoms. The van der Waals surface area contributed by atoms with E-state index in [1.807, 2.05) is 0 Å². The summed E-state index contributed by atoms with van der Waals surface area (Å²) in [5, 5.41) is 2.82. The van der Waals surface area contributed by atoms with Gasteiger partial charge in [0.25, 0.3) is 5.91 Å². The van der Waals surface area contributed by atoms with Crippen molar-refractivity contribution in [2.24, 2.45) is 0 Å². The van der Waals surface area contributed by atoms with Crippen molar-refractivity contribution in [2.75, 3.05) is 32.9 Å². The Labute approximate surface area is 188 Å². The van der Waals surface area contributed by atoms with Crippen LogP contribution in [0.2, 0.25) is 0 Å². The van der Waals surface area contributed by atoms with E-state index < -0.39 is 16.0 Å². The van der Waals surface area contributed by atoms with Crippen molar-refractivity contribution in [3.63, 3.8) is 0 Å². The molecule has 9 nitrogen and oxygen atoms in total. The summed E-state index contributed by atoms with van der Waals surface area (Å²) in [5.74, 6) is -1.00. The second-order valence-electron chi connectivity index (χ2n) is 7.56. The van der Waals surface area contributed by atoms with Gasteiger partial charge >= 0.3 is 5.97 Å². The molecular formula is C22H29N3O6S. The summed E-state index contributed by atoms with van der Waals surface area (Å²) < 4.78 is 37.3. The first kappa shape index (κ1) is 24.0. The van der Waals surface area contributed by atoms with Crippen LogP contribution in [0.5, 0.6) is 0 Å². The SMILES string of the molecule is CCOC(=O)c1c(C)[nH]c(C(=O)NCc2ccccc2CS(=O)(=O)N2CCOCC2)c1C. The molecule has 10 heteroatoms. The summed E-state index contributed by atoms with van der Waals surface area (Å²) in [7, 11) is -3.49. The van der Waals surface area contributed by atoms with Crippen LogP contribution < -0.4 is 5.32 Å². The number of H-pyrrole nitrogens is 1. The highest BCUT2D eigenvalue weighted by atomic mass is 32.2. The molecule has 1 aromatic carbocycles. The maximum Gasteiger partial charge on any atom is 0.340 e. The number of aromatic amines is 1. The van der Waals surface area contributed by atoms with Gasteiger partial charge in [0.05, 0.1) is 31.1 Å². The number of rotatable bonds is 8. The Morgan fingerprint density at radius 1 is 1.16 bits per heavy atom. The normalized spacial score (nSPS) is 14.8. The third kappa shape index (κ3) is 5.37. The van der Waals surface area contributed by atoms with Crippen LogP contribution in [-0.4, -0.2) is 62.5 Å². The first-order valence-electron chi connectivity index (χ1n) is 10.5. The molecule has 3 rings (SSSR count). The Balaban J connectivity index is 1.72. The molecule has 0 aliphatic carbocycles. The zero-order valence-corrected chi connectivity index (χ0v) is 19.4. The summed E-state index contributed by atoms with van der Waals surface area (Å²) in [5.41, 5.74) is 3.05. The molecule has 1 fully saturated rings. The molecule has 0 unspecified atom stereocenters. The molecule has 1 aromatic heterocycles. The third-order valence-corrected chi connectivity index (χ3v) is 7.23. The van der Waals surface area contributed by atoms with Gasteiger partial charge < -0.3 is 19.8 Å². The first-order valence-corrected chi connectivity index (χ1v) is 12.1. The molecule has 1 saturated heterocycles. The predicted octanol–water partition coefficient (Wildman–Crippen LogP) is 1.90. The van der Waals surface area contributed by atoms with E-state index in [9.17, 15) is 18.0 Å². The monoisotopic (exact) mass is 463 g/mol. The zero-order chi connectivity index (χ0) is 23.3. The Morgan fingerprint density at radius 3 is 2.47 bits per heavy atom. The number of nitrogens with zero attached hydrogens (tertiary/aromatic N) is 1. The highest BCUT2D eigenvalue weighted by Crippen LogP contribution is 2.20. The van der Waals surface area contributed by atoms with Crippen LogP contribution in [0.3, 0.4) is 0 Å². The van der Waals surface area contributed by atoms with Crippen molar-refractivity contribution in [3.8, 4) is 0 Å². The smallest absolute Gasteiger partial charge is 0.340 e. The number of benzene rings is 1. The summed E-state index contributed by atoms with van der Waals surface area (Å²) in [6.07, 6.45) is 0. The molecular weight excluding hydrogens is 434 g/mol. The van der Waals surface area contributed by atoms with Gasteiger partial charge in [0.1, 0.15) is 5.69 Å². The Bertz CT molecular complexity index is 1090. The van der Waals surface area contributed by atoms with Gasteiger partial charge in [-0.2, -0.15) is 4.31 Å². The molecule has 2 heterocycles. The van der Waals surface area contributed by atoms with Crippen LogP contribution in [0.15, 0.2) is 24.3 Å². The fraction of sp³-hybridized carbons (Fsp3) is 0.455. The van der Waals surface area contributed by atoms with Crippen LogP contribution in [0.4, 0.5) is 0 Å². The standard InChI is InChI=1S/C22H29N3O6S/c1-4-31-22(27)19-15(2)20(24-16(19)3)21(26)23-13-17-7-5-6-8-18(17)14-32(28,29)25-9-11-30-12-10-25/h5-8,24H,4,9-14H2,1-3H3,(H,23,26). The highest BCUT2D eigenvalue weighted by Gasteiger charge is 2.26. The largest absolute Gasteiger partial charge is 0.462 e. The lowest BCUT2D eigenvalue weighted by atomic mass is 10.1. The second kappa shape index (κ2) is 10.3. The van der Waals surface area contributed by atoms with Crippen molar-refractivity contribution in [3.05, 3.63) is 57.9 Å². The number of esters is 1. The van der Waals surface area contributed by atoms with Gasteiger partial charge in [-0.1, -0.05) is 24.3 Å². The van der Waals surface area contributed by atoms with E-state index in [4.69, 9.17) is 9.47 Å². The molecule has 0 spiro atoms. The minimum Gasteiger partial charge on any atom is -0.462 e. The van der Waals surface area contributed by atoms with Gasteiger partial charge in [-0.25, -0.2) is 13.2 Å². The number of hydrogen-bond donors (Lipinski definition) is 2. The number of aromatic nitrogens is 1. The predicted molar refractivity (Wildman–Crippen MR) is 119 cm³/mol. The average Bonchev–Trinajstić information content (AvgIpc) is 3.07. The number of ether oxygens (including phenoxy) is 2. The Kier molecular flexibility index (Phi) is 7.70. The summed E-state index contributed by atoms with van der Waals surface area (Å²) in [4.78, 5) is 27.9. The molecule has 0 radical (unpaired) electrons. The number of morpholine rings is 1. The lowest BCUT2D eigenvalue weighted by molar-refractivity contribution is 0.0525. The molecule has 0 bridgehead atoms. The molecule has 1 amide bonds. The molecule has 2 N–H and O–H groups in total. The lowest BCUT2D eigenvalue weighted by Crippen LogP contribution is -2.41. The van der Waals surface area contributed by atoms with Crippen molar-refractivity contribution in [1.29, 1.82) is 0 Å². The van der Waals surface area contributed by atoms with E-state index in [0.717, 1.165) is 0 Å². The van der Waals surface area contributed by atoms with E-state index >= 15 is 0 Å². The van der Waals surface area contributed by atoms with E-state index in [-0.39, 0.29) is 30.5 Å². The minimum atomic E-state index is -3.49. The van der Waals surface area contributed by atoms with Crippen LogP contribution in [-0.2, 0) is 31.8 Å². The summed E-state index contributed by atoms with van der Waals surface area (Å²) in [6, 6.07) is 7.12. The minimum absolute atomic E-state index is 0.146. The van der Waals surface area contributed by atoms with Gasteiger partial charge in [0.15, 0.2) is 0 Å². The van der Waals surface area contributed by atoms with E-state index in [0.29, 0.717) is 54.3 Å². The number of aryl methyl sites for hydroxylation is 1. The van der Waals surface area contributed by atoms with Crippen molar-refractivity contribution in [1.82, 2.24) is 14.6 Å². The van der Waals surface area contributed by atoms with Gasteiger partial charge in [0, 0.05) is 25.3 Å². The molecule has 0 saturated carbocycles. The zero-order valence-electron chi connectivity index (χ0n) is 18.6. The maximum absolute atomic E-state index is 12.8. The van der Waals surface area contributed by atoms with Gasteiger partial charge in [-0.05, 0) is 37.5 Å². The number of hydrogen-bond acceptors (Lipinski definition) is 6. The van der Waals surface area contributed by atoms with Crippen LogP contribution in [0, 0.1) is 13.8 Å². The quantitative estimate of drug-likeness (QED) is 0.578. The third-order valence-electron chi connectivity index (χ3n) is 5.40. The first-order chi connectivity index (χ1) is 15.2. The summed E-state index contributed by atoms with van der Waals surface area (Å²) in [6.45, 7) is 6.98. The Hall–Kier alpha value is -2.69. The molecule has 1 aliphatic heterocycles. The maximum atomic E-state index is 12.8. The summed E-state index contributed by atoms with van der Waals surface area (Å²) >= 11 is 0. The van der Waals surface area contributed by atoms with Gasteiger partial charge in [-0.3, -0.25) is 4.79 Å². The molecule has 2 aromatic rings. The highest BCUT2D eigenvalue weighted by molar-refractivity contribution is 7.88. The number of nitrogens with one attached hydrogen (secondary N) is 2. The molecule has 1 aliphatic rings. The lowest BCUT2D eigenvalue weighted by Gasteiger charge is -2.26. The fourth-order valence-corrected chi connectivity index (χ4v) is 5.30. The topological polar surface area (TPSA) is 118 Å². The number of amides is 1. The van der Waals surface area contributed by atoms with Crippen LogP contribution in [0.1, 0.15) is 50.2 Å². The number of sulfonamides is 1. The van der Waals surface area contributed by atoms with Crippen molar-refractivity contribution < 1.29 is 27.5 Å². The number of carbonyl (C=O) groups is 2. The van der Waals surface area contributed by atoms with E-state index in [2.05, 4.69) is 10.3 Å². The van der Waals surface area contributed by atoms with E-state index in [1.165, 1.54) is 4.31 Å². The van der Waals surface area contributed by atoms with Gasteiger partial charge in [0.2, 0.25) is 10.0 Å². The Morgan fingerprint density at radius 2 is 1.81 bits per heavy atom. The van der Waals surface area contributed by atoms with Crippen LogP contribution >= 0.6 is 0 Å². The number of carbonyl (C=O) groups excluding carboxylic acids is 2.